The number of benzene rings is 1. The number of rotatable bonds is 3. The fourth-order valence-electron chi connectivity index (χ4n) is 1.77. The van der Waals surface area contributed by atoms with Crippen molar-refractivity contribution in [3.8, 4) is 0 Å². The zero-order valence-corrected chi connectivity index (χ0v) is 11.7. The van der Waals surface area contributed by atoms with E-state index in [1.807, 2.05) is 0 Å². The van der Waals surface area contributed by atoms with Gasteiger partial charge in [0.05, 0.1) is 9.26 Å². The molecule has 0 saturated carbocycles. The molecule has 84 valence electrons. The van der Waals surface area contributed by atoms with E-state index >= 15 is 0 Å². The number of aromatic nitrogens is 2. The number of nitrogens with zero attached hydrogens (tertiary/aromatic N) is 2. The van der Waals surface area contributed by atoms with Crippen molar-refractivity contribution in [1.82, 2.24) is 9.78 Å². The predicted octanol–water partition coefficient (Wildman–Crippen LogP) is 3.35. The molecule has 0 aliphatic carbocycles. The highest BCUT2D eigenvalue weighted by molar-refractivity contribution is 14.1. The summed E-state index contributed by atoms with van der Waals surface area (Å²) in [5.41, 5.74) is 3.77. The van der Waals surface area contributed by atoms with Gasteiger partial charge >= 0.3 is 0 Å². The lowest BCUT2D eigenvalue weighted by Crippen LogP contribution is -2.05. The Labute approximate surface area is 110 Å². The summed E-state index contributed by atoms with van der Waals surface area (Å²) in [7, 11) is 0. The largest absolute Gasteiger partial charge is 0.268 e. The molecule has 2 rings (SSSR count). The maximum absolute atomic E-state index is 4.53. The second-order valence-electron chi connectivity index (χ2n) is 3.94. The van der Waals surface area contributed by atoms with E-state index in [2.05, 4.69) is 76.6 Å². The number of aryl methyl sites for hydroxylation is 3. The van der Waals surface area contributed by atoms with Crippen molar-refractivity contribution in [3.05, 3.63) is 50.9 Å². The van der Waals surface area contributed by atoms with Crippen LogP contribution in [0.5, 0.6) is 0 Å². The molecule has 0 saturated heterocycles. The molecule has 0 fully saturated rings. The lowest BCUT2D eigenvalue weighted by molar-refractivity contribution is 0.594. The van der Waals surface area contributed by atoms with E-state index in [0.29, 0.717) is 0 Å². The van der Waals surface area contributed by atoms with Crippen molar-refractivity contribution in [2.45, 2.75) is 26.8 Å². The first-order chi connectivity index (χ1) is 7.68. The van der Waals surface area contributed by atoms with E-state index in [-0.39, 0.29) is 0 Å². The van der Waals surface area contributed by atoms with Gasteiger partial charge in [-0.1, -0.05) is 30.3 Å². The minimum absolute atomic E-state index is 0.958. The maximum atomic E-state index is 4.53. The summed E-state index contributed by atoms with van der Waals surface area (Å²) < 4.78 is 3.38. The first-order valence-electron chi connectivity index (χ1n) is 5.42. The Morgan fingerprint density at radius 2 is 1.88 bits per heavy atom. The van der Waals surface area contributed by atoms with Crippen molar-refractivity contribution in [2.24, 2.45) is 0 Å². The lowest BCUT2D eigenvalue weighted by atomic mass is 10.1. The van der Waals surface area contributed by atoms with Crippen LogP contribution in [0.1, 0.15) is 17.0 Å². The normalized spacial score (nSPS) is 10.7. The van der Waals surface area contributed by atoms with Crippen LogP contribution in [0.25, 0.3) is 0 Å². The fourth-order valence-corrected chi connectivity index (χ4v) is 2.16. The Balaban J connectivity index is 2.08. The van der Waals surface area contributed by atoms with Gasteiger partial charge in [-0.05, 0) is 48.4 Å². The molecule has 0 N–H and O–H groups in total. The molecule has 2 nitrogen and oxygen atoms in total. The summed E-state index contributed by atoms with van der Waals surface area (Å²) in [5.74, 6) is 0. The Kier molecular flexibility index (Phi) is 3.63. The summed E-state index contributed by atoms with van der Waals surface area (Å²) in [6.45, 7) is 5.15. The number of halogens is 1. The molecule has 16 heavy (non-hydrogen) atoms. The van der Waals surface area contributed by atoms with E-state index in [0.717, 1.165) is 18.7 Å². The van der Waals surface area contributed by atoms with E-state index in [1.165, 1.54) is 14.8 Å². The van der Waals surface area contributed by atoms with Crippen LogP contribution in [0.3, 0.4) is 0 Å². The molecule has 1 aromatic heterocycles. The van der Waals surface area contributed by atoms with Crippen molar-refractivity contribution < 1.29 is 0 Å². The first-order valence-corrected chi connectivity index (χ1v) is 6.50. The highest BCUT2D eigenvalue weighted by Gasteiger charge is 2.07. The zero-order valence-electron chi connectivity index (χ0n) is 9.57. The van der Waals surface area contributed by atoms with Gasteiger partial charge in [0.2, 0.25) is 0 Å². The molecule has 3 heteroatoms. The summed E-state index contributed by atoms with van der Waals surface area (Å²) in [4.78, 5) is 0. The zero-order chi connectivity index (χ0) is 11.5. The van der Waals surface area contributed by atoms with Gasteiger partial charge in [0.1, 0.15) is 0 Å². The van der Waals surface area contributed by atoms with Gasteiger partial charge in [-0.3, -0.25) is 4.68 Å². The third-order valence-corrected chi connectivity index (χ3v) is 4.31. The van der Waals surface area contributed by atoms with Gasteiger partial charge in [0.25, 0.3) is 0 Å². The van der Waals surface area contributed by atoms with Crippen LogP contribution in [0.2, 0.25) is 0 Å². The minimum Gasteiger partial charge on any atom is -0.268 e. The average molecular weight is 326 g/mol. The predicted molar refractivity (Wildman–Crippen MR) is 74.6 cm³/mol. The molecule has 0 radical (unpaired) electrons. The third-order valence-electron chi connectivity index (χ3n) is 2.75. The molecule has 0 unspecified atom stereocenters. The Hall–Kier alpha value is -0.840. The van der Waals surface area contributed by atoms with Gasteiger partial charge in [-0.2, -0.15) is 5.10 Å². The van der Waals surface area contributed by atoms with Crippen LogP contribution in [-0.2, 0) is 13.0 Å². The lowest BCUT2D eigenvalue weighted by Gasteiger charge is -2.04. The molecule has 2 aromatic rings. The van der Waals surface area contributed by atoms with E-state index < -0.39 is 0 Å². The Morgan fingerprint density at radius 1 is 1.19 bits per heavy atom. The van der Waals surface area contributed by atoms with Crippen LogP contribution >= 0.6 is 22.6 Å². The van der Waals surface area contributed by atoms with E-state index in [4.69, 9.17) is 0 Å². The second-order valence-corrected chi connectivity index (χ2v) is 5.02. The maximum Gasteiger partial charge on any atom is 0.0729 e. The van der Waals surface area contributed by atoms with Gasteiger partial charge in [0, 0.05) is 12.2 Å². The second kappa shape index (κ2) is 4.99. The molecule has 1 aromatic carbocycles. The molecule has 0 amide bonds. The smallest absolute Gasteiger partial charge is 0.0729 e. The SMILES string of the molecule is Cc1nn(CCc2ccccc2)c(C)c1I. The van der Waals surface area contributed by atoms with Crippen LogP contribution < -0.4 is 0 Å². The molecule has 0 spiro atoms. The van der Waals surface area contributed by atoms with Crippen molar-refractivity contribution >= 4 is 22.6 Å². The highest BCUT2D eigenvalue weighted by atomic mass is 127. The summed E-state index contributed by atoms with van der Waals surface area (Å²) >= 11 is 2.36. The quantitative estimate of drug-likeness (QED) is 0.791. The molecular weight excluding hydrogens is 311 g/mol. The Morgan fingerprint density at radius 3 is 2.44 bits per heavy atom. The third kappa shape index (κ3) is 2.45. The Bertz CT molecular complexity index is 474. The van der Waals surface area contributed by atoms with E-state index in [1.54, 1.807) is 0 Å². The minimum atomic E-state index is 0.958. The molecular formula is C13H15IN2. The van der Waals surface area contributed by atoms with Crippen LogP contribution in [-0.4, -0.2) is 9.78 Å². The highest BCUT2D eigenvalue weighted by Crippen LogP contribution is 2.15. The van der Waals surface area contributed by atoms with Crippen LogP contribution in [0, 0.1) is 17.4 Å². The standard InChI is InChI=1S/C13H15IN2/c1-10-13(14)11(2)16(15-10)9-8-12-6-4-3-5-7-12/h3-7H,8-9H2,1-2H3. The van der Waals surface area contributed by atoms with Gasteiger partial charge in [0.15, 0.2) is 0 Å². The average Bonchev–Trinajstić information content (AvgIpc) is 2.56. The monoisotopic (exact) mass is 326 g/mol. The van der Waals surface area contributed by atoms with Crippen LogP contribution in [0.4, 0.5) is 0 Å². The van der Waals surface area contributed by atoms with Crippen molar-refractivity contribution in [2.75, 3.05) is 0 Å². The van der Waals surface area contributed by atoms with E-state index in [9.17, 15) is 0 Å². The topological polar surface area (TPSA) is 17.8 Å². The van der Waals surface area contributed by atoms with Crippen molar-refractivity contribution in [1.29, 1.82) is 0 Å². The van der Waals surface area contributed by atoms with Gasteiger partial charge in [-0.25, -0.2) is 0 Å². The van der Waals surface area contributed by atoms with Gasteiger partial charge in [-0.15, -0.1) is 0 Å². The molecule has 1 heterocycles. The summed E-state index contributed by atoms with van der Waals surface area (Å²) in [6, 6.07) is 10.5. The van der Waals surface area contributed by atoms with Crippen LogP contribution in [0.15, 0.2) is 30.3 Å². The number of hydrogen-bond donors (Lipinski definition) is 0. The summed E-state index contributed by atoms with van der Waals surface area (Å²) in [6.07, 6.45) is 1.04. The number of hydrogen-bond acceptors (Lipinski definition) is 1. The van der Waals surface area contributed by atoms with Crippen molar-refractivity contribution in [3.63, 3.8) is 0 Å². The fraction of sp³-hybridized carbons (Fsp3) is 0.308. The molecule has 0 aliphatic heterocycles. The van der Waals surface area contributed by atoms with Gasteiger partial charge < -0.3 is 0 Å². The molecule has 0 bridgehead atoms. The molecule has 0 atom stereocenters. The molecule has 0 aliphatic rings. The summed E-state index contributed by atoms with van der Waals surface area (Å²) in [5, 5.41) is 4.53. The first kappa shape index (κ1) is 11.6.